The van der Waals surface area contributed by atoms with Gasteiger partial charge in [-0.3, -0.25) is 4.90 Å². The van der Waals surface area contributed by atoms with Gasteiger partial charge < -0.3 is 14.9 Å². The van der Waals surface area contributed by atoms with Gasteiger partial charge in [0, 0.05) is 12.0 Å². The van der Waals surface area contributed by atoms with Crippen molar-refractivity contribution >= 4 is 11.6 Å². The molecule has 3 aromatic carbocycles. The summed E-state index contributed by atoms with van der Waals surface area (Å²) < 4.78 is 6.18. The van der Waals surface area contributed by atoms with Crippen molar-refractivity contribution in [2.75, 3.05) is 26.2 Å². The SMILES string of the molecule is Oc1cccc(C2=Cc3cc(O)ccc3C23Cc2ccc(OCCN4CCCCC4)cc2C3)c1. The van der Waals surface area contributed by atoms with Crippen LogP contribution in [0, 0.1) is 0 Å². The first-order valence-corrected chi connectivity index (χ1v) is 12.4. The van der Waals surface area contributed by atoms with E-state index in [1.165, 1.54) is 54.6 Å². The minimum Gasteiger partial charge on any atom is -0.508 e. The Balaban J connectivity index is 1.28. The van der Waals surface area contributed by atoms with Crippen LogP contribution in [0.4, 0.5) is 0 Å². The van der Waals surface area contributed by atoms with Crippen molar-refractivity contribution in [3.05, 3.63) is 88.5 Å². The molecule has 0 radical (unpaired) electrons. The standard InChI is InChI=1S/C30H31NO3/c32-25-6-4-5-21(15-25)29-18-23-16-26(33)8-10-28(23)30(29)19-22-7-9-27(17-24(22)20-30)34-14-13-31-11-2-1-3-12-31/h4-10,15-18,32-33H,1-3,11-14,19-20H2. The Kier molecular flexibility index (Phi) is 5.34. The number of benzene rings is 3. The van der Waals surface area contributed by atoms with Crippen molar-refractivity contribution in [3.63, 3.8) is 0 Å². The Morgan fingerprint density at radius 3 is 2.50 bits per heavy atom. The molecule has 4 heteroatoms. The number of rotatable bonds is 5. The zero-order valence-electron chi connectivity index (χ0n) is 19.5. The molecule has 0 aromatic heterocycles. The summed E-state index contributed by atoms with van der Waals surface area (Å²) in [5.41, 5.74) is 7.00. The van der Waals surface area contributed by atoms with Gasteiger partial charge in [0.25, 0.3) is 0 Å². The van der Waals surface area contributed by atoms with E-state index in [1.54, 1.807) is 12.1 Å². The van der Waals surface area contributed by atoms with Gasteiger partial charge in [0.15, 0.2) is 0 Å². The van der Waals surface area contributed by atoms with E-state index in [1.807, 2.05) is 18.2 Å². The van der Waals surface area contributed by atoms with Crippen molar-refractivity contribution in [2.24, 2.45) is 0 Å². The predicted octanol–water partition coefficient (Wildman–Crippen LogP) is 5.55. The molecular formula is C30H31NO3. The second-order valence-electron chi connectivity index (χ2n) is 10.00. The van der Waals surface area contributed by atoms with Crippen LogP contribution in [0.3, 0.4) is 0 Å². The molecule has 0 amide bonds. The zero-order valence-corrected chi connectivity index (χ0v) is 19.5. The lowest BCUT2D eigenvalue weighted by molar-refractivity contribution is 0.183. The highest BCUT2D eigenvalue weighted by Gasteiger charge is 2.46. The average Bonchev–Trinajstić information content (AvgIpc) is 3.37. The fourth-order valence-corrected chi connectivity index (χ4v) is 6.18. The minimum atomic E-state index is -0.203. The van der Waals surface area contributed by atoms with Gasteiger partial charge in [-0.15, -0.1) is 0 Å². The first-order valence-electron chi connectivity index (χ1n) is 12.4. The summed E-state index contributed by atoms with van der Waals surface area (Å²) in [7, 11) is 0. The van der Waals surface area contributed by atoms with Gasteiger partial charge in [-0.1, -0.05) is 30.7 Å². The number of nitrogens with zero attached hydrogens (tertiary/aromatic N) is 1. The number of fused-ring (bicyclic) bond motifs is 3. The smallest absolute Gasteiger partial charge is 0.119 e. The molecule has 3 aromatic rings. The highest BCUT2D eigenvalue weighted by atomic mass is 16.5. The number of hydrogen-bond acceptors (Lipinski definition) is 4. The Morgan fingerprint density at radius 2 is 1.65 bits per heavy atom. The van der Waals surface area contributed by atoms with E-state index in [0.29, 0.717) is 0 Å². The van der Waals surface area contributed by atoms with Gasteiger partial charge >= 0.3 is 0 Å². The minimum absolute atomic E-state index is 0.203. The zero-order chi connectivity index (χ0) is 23.1. The number of phenols is 2. The van der Waals surface area contributed by atoms with E-state index in [9.17, 15) is 10.2 Å². The van der Waals surface area contributed by atoms with Gasteiger partial charge in [0.1, 0.15) is 23.9 Å². The Hall–Kier alpha value is -3.24. The van der Waals surface area contributed by atoms with Gasteiger partial charge in [-0.25, -0.2) is 0 Å². The van der Waals surface area contributed by atoms with E-state index in [2.05, 4.69) is 41.3 Å². The highest BCUT2D eigenvalue weighted by molar-refractivity contribution is 5.96. The largest absolute Gasteiger partial charge is 0.508 e. The molecule has 1 atom stereocenters. The number of allylic oxidation sites excluding steroid dienone is 1. The number of aromatic hydroxyl groups is 2. The van der Waals surface area contributed by atoms with Crippen LogP contribution in [0.15, 0.2) is 60.7 Å². The predicted molar refractivity (Wildman–Crippen MR) is 135 cm³/mol. The second kappa shape index (κ2) is 8.52. The molecule has 2 aliphatic carbocycles. The first kappa shape index (κ1) is 21.3. The molecular weight excluding hydrogens is 422 g/mol. The van der Waals surface area contributed by atoms with Crippen LogP contribution in [0.5, 0.6) is 17.2 Å². The number of likely N-dealkylation sites (tertiary alicyclic amines) is 1. The van der Waals surface area contributed by atoms with Gasteiger partial charge in [-0.2, -0.15) is 0 Å². The third-order valence-corrected chi connectivity index (χ3v) is 7.81. The maximum absolute atomic E-state index is 10.2. The summed E-state index contributed by atoms with van der Waals surface area (Å²) in [5.74, 6) is 1.49. The van der Waals surface area contributed by atoms with E-state index in [4.69, 9.17) is 4.74 Å². The molecule has 0 bridgehead atoms. The van der Waals surface area contributed by atoms with Crippen molar-refractivity contribution < 1.29 is 14.9 Å². The molecule has 1 spiro atoms. The molecule has 1 unspecified atom stereocenters. The molecule has 3 aliphatic rings. The van der Waals surface area contributed by atoms with Gasteiger partial charge in [0.2, 0.25) is 0 Å². The first-order chi connectivity index (χ1) is 16.6. The molecule has 2 N–H and O–H groups in total. The quantitative estimate of drug-likeness (QED) is 0.532. The summed E-state index contributed by atoms with van der Waals surface area (Å²) in [6.45, 7) is 4.09. The maximum atomic E-state index is 10.2. The summed E-state index contributed by atoms with van der Waals surface area (Å²) in [6.07, 6.45) is 7.92. The van der Waals surface area contributed by atoms with Crippen LogP contribution < -0.4 is 4.74 Å². The second-order valence-corrected chi connectivity index (χ2v) is 10.00. The normalized spacial score (nSPS) is 21.4. The van der Waals surface area contributed by atoms with Crippen LogP contribution in [-0.4, -0.2) is 41.4 Å². The monoisotopic (exact) mass is 453 g/mol. The van der Waals surface area contributed by atoms with E-state index >= 15 is 0 Å². The summed E-state index contributed by atoms with van der Waals surface area (Å²) in [5, 5.41) is 20.3. The summed E-state index contributed by atoms with van der Waals surface area (Å²) in [4.78, 5) is 2.50. The number of hydrogen-bond donors (Lipinski definition) is 2. The molecule has 34 heavy (non-hydrogen) atoms. The van der Waals surface area contributed by atoms with Crippen molar-refractivity contribution in [2.45, 2.75) is 37.5 Å². The van der Waals surface area contributed by atoms with E-state index in [-0.39, 0.29) is 16.9 Å². The Morgan fingerprint density at radius 1 is 0.824 bits per heavy atom. The lowest BCUT2D eigenvalue weighted by Gasteiger charge is -2.30. The molecule has 0 saturated carbocycles. The van der Waals surface area contributed by atoms with Crippen LogP contribution >= 0.6 is 0 Å². The number of phenolic OH excluding ortho intramolecular Hbond substituents is 2. The summed E-state index contributed by atoms with van der Waals surface area (Å²) >= 11 is 0. The Bertz CT molecular complexity index is 1260. The van der Waals surface area contributed by atoms with Crippen molar-refractivity contribution in [3.8, 4) is 17.2 Å². The molecule has 1 heterocycles. The topological polar surface area (TPSA) is 52.9 Å². The van der Waals surface area contributed by atoms with Crippen LogP contribution in [-0.2, 0) is 18.3 Å². The van der Waals surface area contributed by atoms with Crippen molar-refractivity contribution in [1.29, 1.82) is 0 Å². The van der Waals surface area contributed by atoms with Crippen LogP contribution in [0.25, 0.3) is 11.6 Å². The molecule has 1 aliphatic heterocycles. The van der Waals surface area contributed by atoms with Gasteiger partial charge in [-0.05, 0) is 115 Å². The third kappa shape index (κ3) is 3.76. The molecule has 4 nitrogen and oxygen atoms in total. The van der Waals surface area contributed by atoms with Crippen LogP contribution in [0.2, 0.25) is 0 Å². The fourth-order valence-electron chi connectivity index (χ4n) is 6.18. The maximum Gasteiger partial charge on any atom is 0.119 e. The molecule has 1 fully saturated rings. The fraction of sp³-hybridized carbons (Fsp3) is 0.333. The lowest BCUT2D eigenvalue weighted by Crippen LogP contribution is -2.33. The molecule has 6 rings (SSSR count). The van der Waals surface area contributed by atoms with Crippen LogP contribution in [0.1, 0.15) is 47.1 Å². The highest BCUT2D eigenvalue weighted by Crippen LogP contribution is 2.55. The number of piperidine rings is 1. The average molecular weight is 454 g/mol. The van der Waals surface area contributed by atoms with Crippen molar-refractivity contribution in [1.82, 2.24) is 4.90 Å². The third-order valence-electron chi connectivity index (χ3n) is 7.81. The van der Waals surface area contributed by atoms with Gasteiger partial charge in [0.05, 0.1) is 0 Å². The number of ether oxygens (including phenoxy) is 1. The van der Waals surface area contributed by atoms with E-state index < -0.39 is 0 Å². The lowest BCUT2D eigenvalue weighted by atomic mass is 9.72. The van der Waals surface area contributed by atoms with E-state index in [0.717, 1.165) is 42.9 Å². The molecule has 1 saturated heterocycles. The molecule has 174 valence electrons. The summed E-state index contributed by atoms with van der Waals surface area (Å²) in [6, 6.07) is 19.8. The Labute approximate surface area is 201 Å².